The van der Waals surface area contributed by atoms with Gasteiger partial charge in [-0.25, -0.2) is 0 Å². The van der Waals surface area contributed by atoms with Gasteiger partial charge in [0.25, 0.3) is 0 Å². The maximum absolute atomic E-state index is 11.0. The molecular formula is C7H12N2O5. The standard InChI is InChI=1S/C7H12N2O5/c1-3(7(13)14)9-6(12)4(8)2-5(10)11/h3-4H,2,8H2,1H3,(H,9,12)(H,10,11)(H,13,14)/t3-,4+/m0/s1. The molecule has 0 radical (unpaired) electrons. The summed E-state index contributed by atoms with van der Waals surface area (Å²) in [6.45, 7) is 1.26. The molecule has 7 nitrogen and oxygen atoms in total. The number of carbonyl (C=O) groups excluding carboxylic acids is 1. The fourth-order valence-electron chi connectivity index (χ4n) is 0.663. The van der Waals surface area contributed by atoms with Gasteiger partial charge < -0.3 is 21.3 Å². The highest BCUT2D eigenvalue weighted by Crippen LogP contribution is 1.90. The quantitative estimate of drug-likeness (QED) is 0.425. The van der Waals surface area contributed by atoms with Crippen LogP contribution >= 0.6 is 0 Å². The van der Waals surface area contributed by atoms with E-state index < -0.39 is 36.4 Å². The van der Waals surface area contributed by atoms with Crippen LogP contribution in [0.15, 0.2) is 0 Å². The van der Waals surface area contributed by atoms with Crippen LogP contribution < -0.4 is 11.1 Å². The number of rotatable bonds is 5. The van der Waals surface area contributed by atoms with Crippen molar-refractivity contribution < 1.29 is 24.6 Å². The van der Waals surface area contributed by atoms with E-state index >= 15 is 0 Å². The molecular weight excluding hydrogens is 192 g/mol. The maximum Gasteiger partial charge on any atom is 0.325 e. The van der Waals surface area contributed by atoms with Gasteiger partial charge in [-0.15, -0.1) is 0 Å². The number of hydrogen-bond donors (Lipinski definition) is 4. The monoisotopic (exact) mass is 204 g/mol. The van der Waals surface area contributed by atoms with Crippen molar-refractivity contribution in [3.05, 3.63) is 0 Å². The highest BCUT2D eigenvalue weighted by atomic mass is 16.4. The summed E-state index contributed by atoms with van der Waals surface area (Å²) in [5, 5.41) is 18.8. The van der Waals surface area contributed by atoms with Gasteiger partial charge in [-0.05, 0) is 6.92 Å². The molecule has 1 amide bonds. The summed E-state index contributed by atoms with van der Waals surface area (Å²) in [5.74, 6) is -3.21. The van der Waals surface area contributed by atoms with E-state index in [1.807, 2.05) is 0 Å². The molecule has 0 saturated carbocycles. The first-order valence-corrected chi connectivity index (χ1v) is 3.85. The van der Waals surface area contributed by atoms with Crippen molar-refractivity contribution in [2.24, 2.45) is 5.73 Å². The van der Waals surface area contributed by atoms with Crippen molar-refractivity contribution in [2.75, 3.05) is 0 Å². The minimum absolute atomic E-state index is 0.530. The molecule has 0 aliphatic rings. The highest BCUT2D eigenvalue weighted by molar-refractivity contribution is 5.89. The third-order valence-corrected chi connectivity index (χ3v) is 1.46. The number of aliphatic carboxylic acids is 2. The molecule has 0 spiro atoms. The first-order chi connectivity index (χ1) is 6.34. The first kappa shape index (κ1) is 12.4. The Hall–Kier alpha value is -1.63. The molecule has 5 N–H and O–H groups in total. The van der Waals surface area contributed by atoms with E-state index in [-0.39, 0.29) is 0 Å². The van der Waals surface area contributed by atoms with E-state index in [0.717, 1.165) is 0 Å². The largest absolute Gasteiger partial charge is 0.481 e. The van der Waals surface area contributed by atoms with Crippen LogP contribution in [0.3, 0.4) is 0 Å². The van der Waals surface area contributed by atoms with Crippen LogP contribution in [-0.4, -0.2) is 40.1 Å². The van der Waals surface area contributed by atoms with Gasteiger partial charge in [0, 0.05) is 0 Å². The molecule has 0 bridgehead atoms. The number of carboxylic acids is 2. The minimum atomic E-state index is -1.23. The zero-order valence-electron chi connectivity index (χ0n) is 7.56. The average molecular weight is 204 g/mol. The van der Waals surface area contributed by atoms with E-state index in [9.17, 15) is 14.4 Å². The molecule has 7 heteroatoms. The van der Waals surface area contributed by atoms with Gasteiger partial charge in [0.15, 0.2) is 0 Å². The van der Waals surface area contributed by atoms with Gasteiger partial charge in [-0.2, -0.15) is 0 Å². The molecule has 14 heavy (non-hydrogen) atoms. The molecule has 0 saturated heterocycles. The smallest absolute Gasteiger partial charge is 0.325 e. The van der Waals surface area contributed by atoms with Crippen LogP contribution in [0.5, 0.6) is 0 Å². The van der Waals surface area contributed by atoms with E-state index in [2.05, 4.69) is 5.32 Å². The van der Waals surface area contributed by atoms with E-state index in [1.165, 1.54) is 6.92 Å². The van der Waals surface area contributed by atoms with Crippen LogP contribution in [0.4, 0.5) is 0 Å². The molecule has 80 valence electrons. The van der Waals surface area contributed by atoms with E-state index in [0.29, 0.717) is 0 Å². The molecule has 2 atom stereocenters. The summed E-state index contributed by atoms with van der Waals surface area (Å²) in [5.41, 5.74) is 5.18. The van der Waals surface area contributed by atoms with Crippen molar-refractivity contribution in [1.29, 1.82) is 0 Å². The second kappa shape index (κ2) is 5.18. The molecule has 0 aromatic heterocycles. The third-order valence-electron chi connectivity index (χ3n) is 1.46. The van der Waals surface area contributed by atoms with Gasteiger partial charge in [0.1, 0.15) is 6.04 Å². The molecule has 0 fully saturated rings. The summed E-state index contributed by atoms with van der Waals surface area (Å²) in [6.07, 6.45) is -0.530. The van der Waals surface area contributed by atoms with Crippen molar-refractivity contribution in [3.63, 3.8) is 0 Å². The van der Waals surface area contributed by atoms with Gasteiger partial charge in [0.2, 0.25) is 5.91 Å². The second-order valence-corrected chi connectivity index (χ2v) is 2.77. The summed E-state index contributed by atoms with van der Waals surface area (Å²) < 4.78 is 0. The Morgan fingerprint density at radius 3 is 2.21 bits per heavy atom. The molecule has 0 aromatic rings. The Kier molecular flexibility index (Phi) is 4.57. The molecule has 0 heterocycles. The third kappa shape index (κ3) is 4.41. The van der Waals surface area contributed by atoms with Crippen LogP contribution in [0.2, 0.25) is 0 Å². The number of nitrogens with two attached hydrogens (primary N) is 1. The van der Waals surface area contributed by atoms with Crippen LogP contribution in [0.25, 0.3) is 0 Å². The maximum atomic E-state index is 11.0. The fourth-order valence-corrected chi connectivity index (χ4v) is 0.663. The van der Waals surface area contributed by atoms with Gasteiger partial charge in [-0.1, -0.05) is 0 Å². The second-order valence-electron chi connectivity index (χ2n) is 2.77. The topological polar surface area (TPSA) is 130 Å². The summed E-state index contributed by atoms with van der Waals surface area (Å²) in [7, 11) is 0. The van der Waals surface area contributed by atoms with Gasteiger partial charge in [-0.3, -0.25) is 14.4 Å². The Labute approximate surface area is 79.9 Å². The van der Waals surface area contributed by atoms with Crippen LogP contribution in [0, 0.1) is 0 Å². The molecule has 0 aliphatic carbocycles. The lowest BCUT2D eigenvalue weighted by Gasteiger charge is -2.12. The van der Waals surface area contributed by atoms with Gasteiger partial charge in [0.05, 0.1) is 12.5 Å². The number of nitrogens with one attached hydrogen (secondary N) is 1. The predicted molar refractivity (Wildman–Crippen MR) is 45.5 cm³/mol. The van der Waals surface area contributed by atoms with Crippen molar-refractivity contribution in [2.45, 2.75) is 25.4 Å². The zero-order valence-corrected chi connectivity index (χ0v) is 7.56. The molecule has 0 aliphatic heterocycles. The molecule has 0 unspecified atom stereocenters. The van der Waals surface area contributed by atoms with Crippen molar-refractivity contribution in [1.82, 2.24) is 5.32 Å². The Bertz CT molecular complexity index is 252. The zero-order chi connectivity index (χ0) is 11.3. The predicted octanol–water partition coefficient (Wildman–Crippen LogP) is -1.62. The Balaban J connectivity index is 4.07. The van der Waals surface area contributed by atoms with Crippen molar-refractivity contribution >= 4 is 17.8 Å². The van der Waals surface area contributed by atoms with Crippen LogP contribution in [-0.2, 0) is 14.4 Å². The number of carbonyl (C=O) groups is 3. The number of carboxylic acid groups (broad SMARTS) is 2. The first-order valence-electron chi connectivity index (χ1n) is 3.85. The lowest BCUT2D eigenvalue weighted by molar-refractivity contribution is -0.142. The molecule has 0 rings (SSSR count). The Morgan fingerprint density at radius 1 is 1.36 bits per heavy atom. The average Bonchev–Trinajstić information content (AvgIpc) is 2.02. The lowest BCUT2D eigenvalue weighted by atomic mass is 10.2. The summed E-state index contributed by atoms with van der Waals surface area (Å²) in [4.78, 5) is 31.5. The fraction of sp³-hybridized carbons (Fsp3) is 0.571. The SMILES string of the molecule is C[C@H](NC(=O)[C@H](N)CC(=O)O)C(=O)O. The summed E-state index contributed by atoms with van der Waals surface area (Å²) >= 11 is 0. The van der Waals surface area contributed by atoms with E-state index in [1.54, 1.807) is 0 Å². The van der Waals surface area contributed by atoms with Crippen molar-refractivity contribution in [3.8, 4) is 0 Å². The Morgan fingerprint density at radius 2 is 1.86 bits per heavy atom. The van der Waals surface area contributed by atoms with Crippen LogP contribution in [0.1, 0.15) is 13.3 Å². The van der Waals surface area contributed by atoms with E-state index in [4.69, 9.17) is 15.9 Å². The van der Waals surface area contributed by atoms with Gasteiger partial charge >= 0.3 is 11.9 Å². The molecule has 0 aromatic carbocycles. The summed E-state index contributed by atoms with van der Waals surface area (Å²) in [6, 6.07) is -2.31. The number of amides is 1. The lowest BCUT2D eigenvalue weighted by Crippen LogP contribution is -2.47. The minimum Gasteiger partial charge on any atom is -0.481 e. The highest BCUT2D eigenvalue weighted by Gasteiger charge is 2.21. The number of hydrogen-bond acceptors (Lipinski definition) is 4. The normalized spacial score (nSPS) is 14.1.